The summed E-state index contributed by atoms with van der Waals surface area (Å²) in [5, 5.41) is 11.4. The van der Waals surface area contributed by atoms with Gasteiger partial charge in [-0.3, -0.25) is 9.78 Å². The fourth-order valence-electron chi connectivity index (χ4n) is 0.747. The Balaban J connectivity index is 2.50. The molecule has 0 radical (unpaired) electrons. The zero-order valence-electron chi connectivity index (χ0n) is 7.27. The summed E-state index contributed by atoms with van der Waals surface area (Å²) in [6, 6.07) is 0. The van der Waals surface area contributed by atoms with Crippen LogP contribution in [0.5, 0.6) is 0 Å². The monoisotopic (exact) mass is 181 g/mol. The van der Waals surface area contributed by atoms with Crippen LogP contribution in [0.4, 0.5) is 0 Å². The first kappa shape index (κ1) is 9.60. The van der Waals surface area contributed by atoms with Crippen LogP contribution in [0.15, 0.2) is 18.6 Å². The molecule has 0 saturated carbocycles. The molecule has 1 atom stereocenters. The van der Waals surface area contributed by atoms with Crippen molar-refractivity contribution in [1.82, 2.24) is 15.3 Å². The van der Waals surface area contributed by atoms with Crippen LogP contribution < -0.4 is 5.32 Å². The summed E-state index contributed by atoms with van der Waals surface area (Å²) in [4.78, 5) is 18.8. The second kappa shape index (κ2) is 4.51. The Kier molecular flexibility index (Phi) is 3.33. The molecule has 5 heteroatoms. The highest BCUT2D eigenvalue weighted by Gasteiger charge is 2.06. The van der Waals surface area contributed by atoms with Crippen molar-refractivity contribution in [3.63, 3.8) is 0 Å². The minimum atomic E-state index is -0.555. The van der Waals surface area contributed by atoms with Crippen molar-refractivity contribution in [3.8, 4) is 0 Å². The van der Waals surface area contributed by atoms with E-state index in [2.05, 4.69) is 15.3 Å². The molecule has 1 unspecified atom stereocenters. The van der Waals surface area contributed by atoms with Crippen LogP contribution in [0.25, 0.3) is 0 Å². The van der Waals surface area contributed by atoms with Gasteiger partial charge < -0.3 is 10.4 Å². The predicted octanol–water partition coefficient (Wildman–Crippen LogP) is -0.413. The number of aliphatic hydroxyl groups is 1. The molecule has 0 saturated heterocycles. The lowest BCUT2D eigenvalue weighted by atomic mass is 10.3. The van der Waals surface area contributed by atoms with Gasteiger partial charge in [0, 0.05) is 18.9 Å². The Morgan fingerprint density at radius 1 is 1.69 bits per heavy atom. The van der Waals surface area contributed by atoms with Crippen LogP contribution in [0, 0.1) is 0 Å². The second-order valence-electron chi connectivity index (χ2n) is 2.65. The molecule has 5 nitrogen and oxygen atoms in total. The maximum Gasteiger partial charge on any atom is 0.271 e. The number of nitrogens with one attached hydrogen (secondary N) is 1. The number of aromatic nitrogens is 2. The molecule has 0 aliphatic carbocycles. The summed E-state index contributed by atoms with van der Waals surface area (Å²) < 4.78 is 0. The van der Waals surface area contributed by atoms with Crippen molar-refractivity contribution in [1.29, 1.82) is 0 Å². The Morgan fingerprint density at radius 3 is 3.00 bits per heavy atom. The third-order valence-electron chi connectivity index (χ3n) is 1.35. The van der Waals surface area contributed by atoms with Crippen LogP contribution in [0.2, 0.25) is 0 Å². The maximum absolute atomic E-state index is 11.2. The molecule has 1 rings (SSSR count). The summed E-state index contributed by atoms with van der Waals surface area (Å²) >= 11 is 0. The fraction of sp³-hybridized carbons (Fsp3) is 0.375. The number of aliphatic hydroxyl groups excluding tert-OH is 1. The third-order valence-corrected chi connectivity index (χ3v) is 1.35. The molecule has 70 valence electrons. The number of carbonyl (C=O) groups is 1. The van der Waals surface area contributed by atoms with Gasteiger partial charge in [0.15, 0.2) is 0 Å². The van der Waals surface area contributed by atoms with Gasteiger partial charge >= 0.3 is 0 Å². The second-order valence-corrected chi connectivity index (χ2v) is 2.65. The zero-order chi connectivity index (χ0) is 9.68. The molecule has 0 fully saturated rings. The SMILES string of the molecule is CC(O)CNC(=O)c1cnccn1. The molecule has 1 heterocycles. The van der Waals surface area contributed by atoms with E-state index in [1.54, 1.807) is 6.92 Å². The normalized spacial score (nSPS) is 12.2. The lowest BCUT2D eigenvalue weighted by Crippen LogP contribution is -2.31. The first-order valence-electron chi connectivity index (χ1n) is 3.92. The number of hydrogen-bond donors (Lipinski definition) is 2. The first-order chi connectivity index (χ1) is 6.20. The molecule has 0 aliphatic rings. The summed E-state index contributed by atoms with van der Waals surface area (Å²) in [5.41, 5.74) is 0.253. The average molecular weight is 181 g/mol. The van der Waals surface area contributed by atoms with Crippen molar-refractivity contribution >= 4 is 5.91 Å². The van der Waals surface area contributed by atoms with E-state index in [-0.39, 0.29) is 18.1 Å². The third kappa shape index (κ3) is 3.16. The smallest absolute Gasteiger partial charge is 0.271 e. The van der Waals surface area contributed by atoms with E-state index in [1.807, 2.05) is 0 Å². The molecule has 0 spiro atoms. The number of hydrogen-bond acceptors (Lipinski definition) is 4. The van der Waals surface area contributed by atoms with Gasteiger partial charge in [0.25, 0.3) is 5.91 Å². The van der Waals surface area contributed by atoms with Gasteiger partial charge in [0.2, 0.25) is 0 Å². The highest BCUT2D eigenvalue weighted by atomic mass is 16.3. The minimum Gasteiger partial charge on any atom is -0.392 e. The number of amides is 1. The van der Waals surface area contributed by atoms with E-state index in [0.717, 1.165) is 0 Å². The maximum atomic E-state index is 11.2. The molecule has 0 aliphatic heterocycles. The first-order valence-corrected chi connectivity index (χ1v) is 3.92. The Hall–Kier alpha value is -1.49. The lowest BCUT2D eigenvalue weighted by Gasteiger charge is -2.05. The van der Waals surface area contributed by atoms with Gasteiger partial charge in [-0.25, -0.2) is 4.98 Å². The number of nitrogens with zero attached hydrogens (tertiary/aromatic N) is 2. The van der Waals surface area contributed by atoms with Crippen molar-refractivity contribution < 1.29 is 9.90 Å². The molecule has 13 heavy (non-hydrogen) atoms. The Morgan fingerprint density at radius 2 is 2.46 bits per heavy atom. The van der Waals surface area contributed by atoms with Crippen LogP contribution in [-0.2, 0) is 0 Å². The van der Waals surface area contributed by atoms with Crippen LogP contribution in [0.1, 0.15) is 17.4 Å². The molecular weight excluding hydrogens is 170 g/mol. The van der Waals surface area contributed by atoms with Crippen LogP contribution in [0.3, 0.4) is 0 Å². The van der Waals surface area contributed by atoms with Gasteiger partial charge in [-0.05, 0) is 6.92 Å². The highest BCUT2D eigenvalue weighted by molar-refractivity contribution is 5.91. The number of carbonyl (C=O) groups excluding carboxylic acids is 1. The molecule has 1 amide bonds. The van der Waals surface area contributed by atoms with Crippen molar-refractivity contribution in [2.24, 2.45) is 0 Å². The van der Waals surface area contributed by atoms with E-state index >= 15 is 0 Å². The fourth-order valence-corrected chi connectivity index (χ4v) is 0.747. The largest absolute Gasteiger partial charge is 0.392 e. The van der Waals surface area contributed by atoms with E-state index in [1.165, 1.54) is 18.6 Å². The Labute approximate surface area is 75.8 Å². The van der Waals surface area contributed by atoms with Crippen molar-refractivity contribution in [2.75, 3.05) is 6.54 Å². The zero-order valence-corrected chi connectivity index (χ0v) is 7.27. The van der Waals surface area contributed by atoms with E-state index in [4.69, 9.17) is 5.11 Å². The Bertz CT molecular complexity index is 274. The van der Waals surface area contributed by atoms with Crippen LogP contribution >= 0.6 is 0 Å². The van der Waals surface area contributed by atoms with Crippen molar-refractivity contribution in [3.05, 3.63) is 24.3 Å². The summed E-state index contributed by atoms with van der Waals surface area (Å²) in [7, 11) is 0. The topological polar surface area (TPSA) is 75.1 Å². The molecule has 1 aromatic heterocycles. The van der Waals surface area contributed by atoms with E-state index in [9.17, 15) is 4.79 Å². The predicted molar refractivity (Wildman–Crippen MR) is 46.0 cm³/mol. The van der Waals surface area contributed by atoms with E-state index in [0.29, 0.717) is 0 Å². The van der Waals surface area contributed by atoms with E-state index < -0.39 is 6.10 Å². The van der Waals surface area contributed by atoms with Crippen LogP contribution in [-0.4, -0.2) is 33.6 Å². The summed E-state index contributed by atoms with van der Waals surface area (Å²) in [5.74, 6) is -0.325. The molecular formula is C8H11N3O2. The van der Waals surface area contributed by atoms with Gasteiger partial charge in [-0.2, -0.15) is 0 Å². The quantitative estimate of drug-likeness (QED) is 0.664. The molecule has 0 bridgehead atoms. The van der Waals surface area contributed by atoms with Gasteiger partial charge in [-0.1, -0.05) is 0 Å². The molecule has 0 aromatic carbocycles. The highest BCUT2D eigenvalue weighted by Crippen LogP contribution is 1.89. The van der Waals surface area contributed by atoms with Gasteiger partial charge in [-0.15, -0.1) is 0 Å². The standard InChI is InChI=1S/C8H11N3O2/c1-6(12)4-11-8(13)7-5-9-2-3-10-7/h2-3,5-6,12H,4H2,1H3,(H,11,13). The average Bonchev–Trinajstić information content (AvgIpc) is 2.15. The summed E-state index contributed by atoms with van der Waals surface area (Å²) in [6.45, 7) is 1.81. The van der Waals surface area contributed by atoms with Gasteiger partial charge in [0.1, 0.15) is 5.69 Å². The lowest BCUT2D eigenvalue weighted by molar-refractivity contribution is 0.0918. The molecule has 2 N–H and O–H groups in total. The number of rotatable bonds is 3. The molecule has 1 aromatic rings. The van der Waals surface area contributed by atoms with Crippen molar-refractivity contribution in [2.45, 2.75) is 13.0 Å². The minimum absolute atomic E-state index is 0.218. The summed E-state index contributed by atoms with van der Waals surface area (Å²) in [6.07, 6.45) is 3.75. The van der Waals surface area contributed by atoms with Gasteiger partial charge in [0.05, 0.1) is 12.3 Å².